The van der Waals surface area contributed by atoms with Crippen LogP contribution in [0.1, 0.15) is 21.5 Å². The maximum atomic E-state index is 14.5. The first kappa shape index (κ1) is 21.5. The van der Waals surface area contributed by atoms with Crippen LogP contribution >= 0.6 is 11.8 Å². The summed E-state index contributed by atoms with van der Waals surface area (Å²) in [7, 11) is 1.53. The van der Waals surface area contributed by atoms with Gasteiger partial charge in [-0.1, -0.05) is 24.3 Å². The van der Waals surface area contributed by atoms with Gasteiger partial charge in [-0.05, 0) is 48.0 Å². The number of thioether (sulfide) groups is 1. The van der Waals surface area contributed by atoms with Crippen LogP contribution in [0.5, 0.6) is 5.75 Å². The number of methoxy groups -OCH3 is 1. The highest BCUT2D eigenvalue weighted by atomic mass is 32.2. The van der Waals surface area contributed by atoms with Gasteiger partial charge in [0.25, 0.3) is 11.8 Å². The molecule has 168 valence electrons. The number of hydrogen-bond acceptors (Lipinski definition) is 4. The number of rotatable bonds is 4. The van der Waals surface area contributed by atoms with E-state index in [1.165, 1.54) is 54.1 Å². The third-order valence-corrected chi connectivity index (χ3v) is 7.40. The molecular weight excluding hydrogens is 446 g/mol. The van der Waals surface area contributed by atoms with Crippen molar-refractivity contribution in [2.45, 2.75) is 11.4 Å². The van der Waals surface area contributed by atoms with Crippen LogP contribution in [0.15, 0.2) is 66.7 Å². The van der Waals surface area contributed by atoms with Crippen molar-refractivity contribution in [3.05, 3.63) is 95.1 Å². The standard InChI is InChI=1S/C25H20F2N2O3S/c1-32-18-9-10-22-20(14-18)25(24(31)28(22)15-16-5-4-6-17(26)13-16)29(11-12-33-25)23(30)19-7-2-3-8-21(19)27/h2-10,13-14H,11-12,15H2,1H3/t25-/m1/s1. The maximum absolute atomic E-state index is 14.5. The number of amides is 2. The molecule has 5 nitrogen and oxygen atoms in total. The van der Waals surface area contributed by atoms with E-state index in [0.717, 1.165) is 0 Å². The lowest BCUT2D eigenvalue weighted by Gasteiger charge is -2.33. The summed E-state index contributed by atoms with van der Waals surface area (Å²) in [6.45, 7) is 0.425. The lowest BCUT2D eigenvalue weighted by Crippen LogP contribution is -2.50. The third kappa shape index (κ3) is 3.36. The van der Waals surface area contributed by atoms with Crippen molar-refractivity contribution in [1.29, 1.82) is 0 Å². The van der Waals surface area contributed by atoms with Crippen molar-refractivity contribution < 1.29 is 23.1 Å². The number of carbonyl (C=O) groups is 2. The van der Waals surface area contributed by atoms with Gasteiger partial charge in [0.05, 0.1) is 24.9 Å². The van der Waals surface area contributed by atoms with Gasteiger partial charge in [-0.15, -0.1) is 11.8 Å². The molecule has 1 fully saturated rings. The van der Waals surface area contributed by atoms with Gasteiger partial charge >= 0.3 is 0 Å². The Bertz CT molecular complexity index is 1270. The number of nitrogens with zero attached hydrogens (tertiary/aromatic N) is 2. The Kier molecular flexibility index (Phi) is 5.32. The number of hydrogen-bond donors (Lipinski definition) is 0. The Balaban J connectivity index is 1.63. The average molecular weight is 467 g/mol. The van der Waals surface area contributed by atoms with Gasteiger partial charge in [-0.25, -0.2) is 8.78 Å². The molecule has 2 aliphatic rings. The van der Waals surface area contributed by atoms with Gasteiger partial charge in [0.2, 0.25) is 0 Å². The Labute approximate surface area is 193 Å². The van der Waals surface area contributed by atoms with Crippen LogP contribution in [0, 0.1) is 11.6 Å². The molecule has 0 aromatic heterocycles. The van der Waals surface area contributed by atoms with E-state index in [4.69, 9.17) is 4.74 Å². The Morgan fingerprint density at radius 1 is 1.09 bits per heavy atom. The second-order valence-electron chi connectivity index (χ2n) is 7.83. The van der Waals surface area contributed by atoms with Crippen LogP contribution in [0.25, 0.3) is 0 Å². The van der Waals surface area contributed by atoms with Crippen LogP contribution in [0.3, 0.4) is 0 Å². The van der Waals surface area contributed by atoms with Gasteiger partial charge in [-0.2, -0.15) is 0 Å². The summed E-state index contributed by atoms with van der Waals surface area (Å²) in [5.74, 6) is -0.844. The fourth-order valence-electron chi connectivity index (χ4n) is 4.48. The lowest BCUT2D eigenvalue weighted by atomic mass is 10.0. The molecule has 0 radical (unpaired) electrons. The van der Waals surface area contributed by atoms with Crippen LogP contribution in [-0.2, 0) is 16.2 Å². The number of fused-ring (bicyclic) bond motifs is 2. The van der Waals surface area contributed by atoms with Crippen molar-refractivity contribution in [2.75, 3.05) is 24.3 Å². The van der Waals surface area contributed by atoms with E-state index in [0.29, 0.717) is 28.3 Å². The van der Waals surface area contributed by atoms with Gasteiger partial charge in [0, 0.05) is 17.9 Å². The van der Waals surface area contributed by atoms with Gasteiger partial charge in [0.15, 0.2) is 4.87 Å². The lowest BCUT2D eigenvalue weighted by molar-refractivity contribution is -0.123. The number of carbonyl (C=O) groups excluding carboxylic acids is 2. The smallest absolute Gasteiger partial charge is 0.268 e. The highest BCUT2D eigenvalue weighted by Crippen LogP contribution is 2.55. The molecule has 8 heteroatoms. The topological polar surface area (TPSA) is 49.9 Å². The van der Waals surface area contributed by atoms with Crippen molar-refractivity contribution in [2.24, 2.45) is 0 Å². The first-order valence-electron chi connectivity index (χ1n) is 10.4. The normalized spacial score (nSPS) is 19.3. The molecule has 3 aromatic rings. The summed E-state index contributed by atoms with van der Waals surface area (Å²) in [6, 6.07) is 17.1. The highest BCUT2D eigenvalue weighted by Gasteiger charge is 2.59. The van der Waals surface area contributed by atoms with E-state index in [1.807, 2.05) is 0 Å². The van der Waals surface area contributed by atoms with Gasteiger partial charge in [0.1, 0.15) is 17.4 Å². The maximum Gasteiger partial charge on any atom is 0.268 e. The molecule has 1 spiro atoms. The molecule has 0 unspecified atom stereocenters. The fraction of sp³-hybridized carbons (Fsp3) is 0.200. The molecule has 0 saturated carbocycles. The SMILES string of the molecule is COc1ccc2c(c1)[C@@]1(SCCN1C(=O)c1ccccc1F)C(=O)N2Cc1cccc(F)c1. The predicted octanol–water partition coefficient (Wildman–Crippen LogP) is 4.56. The summed E-state index contributed by atoms with van der Waals surface area (Å²) in [5.41, 5.74) is 1.76. The monoisotopic (exact) mass is 466 g/mol. The van der Waals surface area contributed by atoms with E-state index in [1.54, 1.807) is 41.3 Å². The van der Waals surface area contributed by atoms with Gasteiger partial charge in [-0.3, -0.25) is 9.59 Å². The zero-order valence-electron chi connectivity index (χ0n) is 17.8. The molecule has 0 bridgehead atoms. The van der Waals surface area contributed by atoms with Crippen molar-refractivity contribution in [3.63, 3.8) is 0 Å². The fourth-order valence-corrected chi connectivity index (χ4v) is 5.93. The highest BCUT2D eigenvalue weighted by molar-refractivity contribution is 8.01. The van der Waals surface area contributed by atoms with Crippen LogP contribution in [-0.4, -0.2) is 36.1 Å². The Morgan fingerprint density at radius 2 is 1.91 bits per heavy atom. The molecule has 2 heterocycles. The molecule has 3 aromatic carbocycles. The van der Waals surface area contributed by atoms with E-state index in [-0.39, 0.29) is 24.6 Å². The van der Waals surface area contributed by atoms with Gasteiger partial charge < -0.3 is 14.5 Å². The molecule has 1 atom stereocenters. The van der Waals surface area contributed by atoms with E-state index < -0.39 is 22.4 Å². The number of halogens is 2. The molecule has 1 saturated heterocycles. The van der Waals surface area contributed by atoms with Crippen LogP contribution in [0.2, 0.25) is 0 Å². The second-order valence-corrected chi connectivity index (χ2v) is 9.12. The van der Waals surface area contributed by atoms with Crippen molar-refractivity contribution in [3.8, 4) is 5.75 Å². The summed E-state index contributed by atoms with van der Waals surface area (Å²) in [4.78, 5) is 29.1. The van der Waals surface area contributed by atoms with E-state index in [2.05, 4.69) is 0 Å². The number of benzene rings is 3. The first-order chi connectivity index (χ1) is 16.0. The summed E-state index contributed by atoms with van der Waals surface area (Å²) >= 11 is 1.34. The minimum absolute atomic E-state index is 0.0831. The predicted molar refractivity (Wildman–Crippen MR) is 122 cm³/mol. The zero-order chi connectivity index (χ0) is 23.2. The van der Waals surface area contributed by atoms with E-state index in [9.17, 15) is 18.4 Å². The molecule has 0 aliphatic carbocycles. The number of anilines is 1. The molecular formula is C25H20F2N2O3S. The summed E-state index contributed by atoms with van der Waals surface area (Å²) in [6.07, 6.45) is 0. The molecule has 2 amide bonds. The van der Waals surface area contributed by atoms with Crippen molar-refractivity contribution >= 4 is 29.3 Å². The molecule has 0 N–H and O–H groups in total. The van der Waals surface area contributed by atoms with Crippen LogP contribution < -0.4 is 9.64 Å². The Hall–Kier alpha value is -3.39. The average Bonchev–Trinajstić information content (AvgIpc) is 3.36. The molecule has 33 heavy (non-hydrogen) atoms. The van der Waals surface area contributed by atoms with Crippen LogP contribution in [0.4, 0.5) is 14.5 Å². The summed E-state index contributed by atoms with van der Waals surface area (Å²) < 4.78 is 33.7. The zero-order valence-corrected chi connectivity index (χ0v) is 18.6. The number of ether oxygens (including phenoxy) is 1. The first-order valence-corrected chi connectivity index (χ1v) is 11.4. The minimum Gasteiger partial charge on any atom is -0.497 e. The molecule has 2 aliphatic heterocycles. The van der Waals surface area contributed by atoms with E-state index >= 15 is 0 Å². The minimum atomic E-state index is -1.35. The van der Waals surface area contributed by atoms with Crippen molar-refractivity contribution in [1.82, 2.24) is 4.90 Å². The third-order valence-electron chi connectivity index (χ3n) is 5.98. The molecule has 5 rings (SSSR count). The summed E-state index contributed by atoms with van der Waals surface area (Å²) in [5, 5.41) is 0. The quantitative estimate of drug-likeness (QED) is 0.566. The Morgan fingerprint density at radius 3 is 2.67 bits per heavy atom. The largest absolute Gasteiger partial charge is 0.497 e. The second kappa shape index (κ2) is 8.19.